The zero-order valence-electron chi connectivity index (χ0n) is 13.7. The van der Waals surface area contributed by atoms with Crippen LogP contribution in [0.25, 0.3) is 11.4 Å². The van der Waals surface area contributed by atoms with E-state index in [1.807, 2.05) is 0 Å². The van der Waals surface area contributed by atoms with Gasteiger partial charge in [0.15, 0.2) is 5.82 Å². The van der Waals surface area contributed by atoms with Gasteiger partial charge in [-0.05, 0) is 31.7 Å². The fraction of sp³-hybridized carbons (Fsp3) is 0.444. The van der Waals surface area contributed by atoms with E-state index in [1.165, 1.54) is 11.1 Å². The zero-order valence-corrected chi connectivity index (χ0v) is 13.7. The van der Waals surface area contributed by atoms with Gasteiger partial charge in [0.1, 0.15) is 5.82 Å². The molecule has 21 heavy (non-hydrogen) atoms. The van der Waals surface area contributed by atoms with Gasteiger partial charge < -0.3 is 5.32 Å². The van der Waals surface area contributed by atoms with Crippen molar-refractivity contribution >= 4 is 5.82 Å². The van der Waals surface area contributed by atoms with Gasteiger partial charge in [0.25, 0.3) is 0 Å². The van der Waals surface area contributed by atoms with E-state index in [-0.39, 0.29) is 0 Å². The molecule has 0 fully saturated rings. The number of anilines is 1. The molecule has 0 radical (unpaired) electrons. The quantitative estimate of drug-likeness (QED) is 0.863. The van der Waals surface area contributed by atoms with Gasteiger partial charge >= 0.3 is 0 Å². The van der Waals surface area contributed by atoms with Crippen LogP contribution in [0.4, 0.5) is 5.82 Å². The van der Waals surface area contributed by atoms with Crippen LogP contribution in [0.1, 0.15) is 49.9 Å². The third kappa shape index (κ3) is 3.81. The molecule has 0 atom stereocenters. The van der Waals surface area contributed by atoms with Crippen molar-refractivity contribution in [1.82, 2.24) is 9.97 Å². The minimum atomic E-state index is 0.389. The Balaban J connectivity index is 2.48. The maximum atomic E-state index is 4.75. The van der Waals surface area contributed by atoms with Crippen molar-refractivity contribution in [3.8, 4) is 11.4 Å². The molecule has 1 aromatic carbocycles. The minimum Gasteiger partial charge on any atom is -0.370 e. The summed E-state index contributed by atoms with van der Waals surface area (Å²) in [6.45, 7) is 11.6. The third-order valence-electron chi connectivity index (χ3n) is 3.52. The second-order valence-corrected chi connectivity index (χ2v) is 5.90. The largest absolute Gasteiger partial charge is 0.370 e. The number of benzene rings is 1. The third-order valence-corrected chi connectivity index (χ3v) is 3.52. The summed E-state index contributed by atoms with van der Waals surface area (Å²) in [4.78, 5) is 9.44. The molecule has 0 saturated carbocycles. The molecule has 112 valence electrons. The van der Waals surface area contributed by atoms with Crippen molar-refractivity contribution in [1.29, 1.82) is 0 Å². The van der Waals surface area contributed by atoms with Crippen molar-refractivity contribution in [3.05, 3.63) is 41.1 Å². The average molecular weight is 283 g/mol. The summed E-state index contributed by atoms with van der Waals surface area (Å²) in [7, 11) is 0. The molecule has 2 aromatic rings. The Kier molecular flexibility index (Phi) is 4.94. The Labute approximate surface area is 127 Å². The highest BCUT2D eigenvalue weighted by Gasteiger charge is 2.11. The van der Waals surface area contributed by atoms with Crippen molar-refractivity contribution in [2.24, 2.45) is 0 Å². The van der Waals surface area contributed by atoms with E-state index in [0.717, 1.165) is 35.9 Å². The maximum Gasteiger partial charge on any atom is 0.162 e. The predicted molar refractivity (Wildman–Crippen MR) is 89.8 cm³/mol. The fourth-order valence-corrected chi connectivity index (χ4v) is 2.29. The van der Waals surface area contributed by atoms with Crippen LogP contribution in [0, 0.1) is 13.8 Å². The summed E-state index contributed by atoms with van der Waals surface area (Å²) in [6.07, 6.45) is 1.08. The van der Waals surface area contributed by atoms with Gasteiger partial charge in [-0.1, -0.05) is 44.5 Å². The number of hydrogen-bond donors (Lipinski definition) is 1. The highest BCUT2D eigenvalue weighted by atomic mass is 15.0. The highest BCUT2D eigenvalue weighted by Crippen LogP contribution is 2.25. The Morgan fingerprint density at radius 2 is 1.86 bits per heavy atom. The summed E-state index contributed by atoms with van der Waals surface area (Å²) in [5, 5.41) is 3.38. The molecule has 2 rings (SSSR count). The molecule has 3 nitrogen and oxygen atoms in total. The smallest absolute Gasteiger partial charge is 0.162 e. The standard InChI is InChI=1S/C18H25N3/c1-6-9-19-17-11-16(12(2)3)20-18(21-17)15-8-7-13(4)10-14(15)5/h7-8,10-12H,6,9H2,1-5H3,(H,19,20,21). The van der Waals surface area contributed by atoms with E-state index in [4.69, 9.17) is 9.97 Å². The first-order valence-corrected chi connectivity index (χ1v) is 7.71. The lowest BCUT2D eigenvalue weighted by molar-refractivity contribution is 0.815. The molecule has 0 aliphatic carbocycles. The van der Waals surface area contributed by atoms with Crippen LogP contribution in [0.2, 0.25) is 0 Å². The van der Waals surface area contributed by atoms with Gasteiger partial charge in [-0.25, -0.2) is 9.97 Å². The lowest BCUT2D eigenvalue weighted by atomic mass is 10.0. The normalized spacial score (nSPS) is 11.0. The Hall–Kier alpha value is -1.90. The van der Waals surface area contributed by atoms with E-state index in [0.29, 0.717) is 5.92 Å². The Morgan fingerprint density at radius 3 is 2.48 bits per heavy atom. The Bertz CT molecular complexity index is 618. The van der Waals surface area contributed by atoms with E-state index < -0.39 is 0 Å². The minimum absolute atomic E-state index is 0.389. The molecular weight excluding hydrogens is 258 g/mol. The van der Waals surface area contributed by atoms with Crippen LogP contribution >= 0.6 is 0 Å². The van der Waals surface area contributed by atoms with E-state index >= 15 is 0 Å². The molecule has 1 aromatic heterocycles. The van der Waals surface area contributed by atoms with Gasteiger partial charge in [-0.2, -0.15) is 0 Å². The lowest BCUT2D eigenvalue weighted by Crippen LogP contribution is -2.06. The van der Waals surface area contributed by atoms with E-state index in [1.54, 1.807) is 0 Å². The first kappa shape index (κ1) is 15.5. The number of rotatable bonds is 5. The first-order chi connectivity index (χ1) is 10.0. The summed E-state index contributed by atoms with van der Waals surface area (Å²) in [5.41, 5.74) is 4.68. The second kappa shape index (κ2) is 6.70. The molecule has 0 spiro atoms. The number of aryl methyl sites for hydroxylation is 2. The molecule has 0 aliphatic rings. The molecule has 0 saturated heterocycles. The van der Waals surface area contributed by atoms with Crippen LogP contribution in [-0.4, -0.2) is 16.5 Å². The molecule has 1 heterocycles. The topological polar surface area (TPSA) is 37.8 Å². The zero-order chi connectivity index (χ0) is 15.4. The number of nitrogens with zero attached hydrogens (tertiary/aromatic N) is 2. The Morgan fingerprint density at radius 1 is 1.10 bits per heavy atom. The molecular formula is C18H25N3. The van der Waals surface area contributed by atoms with Crippen LogP contribution in [0.3, 0.4) is 0 Å². The summed E-state index contributed by atoms with van der Waals surface area (Å²) < 4.78 is 0. The van der Waals surface area contributed by atoms with Gasteiger partial charge in [0.2, 0.25) is 0 Å². The SMILES string of the molecule is CCCNc1cc(C(C)C)nc(-c2ccc(C)cc2C)n1. The van der Waals surface area contributed by atoms with Gasteiger partial charge in [-0.15, -0.1) is 0 Å². The van der Waals surface area contributed by atoms with Gasteiger partial charge in [0.05, 0.1) is 0 Å². The predicted octanol–water partition coefficient (Wildman–Crippen LogP) is 4.71. The molecule has 0 amide bonds. The van der Waals surface area contributed by atoms with E-state index in [9.17, 15) is 0 Å². The summed E-state index contributed by atoms with van der Waals surface area (Å²) in [5.74, 6) is 2.13. The molecule has 1 N–H and O–H groups in total. The maximum absolute atomic E-state index is 4.75. The van der Waals surface area contributed by atoms with Gasteiger partial charge in [-0.3, -0.25) is 0 Å². The molecule has 3 heteroatoms. The van der Waals surface area contributed by atoms with Crippen LogP contribution in [0.15, 0.2) is 24.3 Å². The lowest BCUT2D eigenvalue weighted by Gasteiger charge is -2.13. The van der Waals surface area contributed by atoms with Crippen LogP contribution in [0.5, 0.6) is 0 Å². The second-order valence-electron chi connectivity index (χ2n) is 5.90. The summed E-state index contributed by atoms with van der Waals surface area (Å²) >= 11 is 0. The number of hydrogen-bond acceptors (Lipinski definition) is 3. The van der Waals surface area contributed by atoms with Crippen molar-refractivity contribution in [2.75, 3.05) is 11.9 Å². The summed E-state index contributed by atoms with van der Waals surface area (Å²) in [6, 6.07) is 8.48. The highest BCUT2D eigenvalue weighted by molar-refractivity contribution is 5.62. The van der Waals surface area contributed by atoms with Crippen LogP contribution in [-0.2, 0) is 0 Å². The van der Waals surface area contributed by atoms with E-state index in [2.05, 4.69) is 64.2 Å². The van der Waals surface area contributed by atoms with Gasteiger partial charge in [0, 0.05) is 23.9 Å². The first-order valence-electron chi connectivity index (χ1n) is 7.71. The molecule has 0 unspecified atom stereocenters. The fourth-order valence-electron chi connectivity index (χ4n) is 2.29. The van der Waals surface area contributed by atoms with Crippen molar-refractivity contribution in [2.45, 2.75) is 47.0 Å². The van der Waals surface area contributed by atoms with Crippen LogP contribution < -0.4 is 5.32 Å². The van der Waals surface area contributed by atoms with Crippen molar-refractivity contribution < 1.29 is 0 Å². The number of aromatic nitrogens is 2. The molecule has 0 bridgehead atoms. The monoisotopic (exact) mass is 283 g/mol. The average Bonchev–Trinajstić information content (AvgIpc) is 2.44. The molecule has 0 aliphatic heterocycles. The number of nitrogens with one attached hydrogen (secondary N) is 1. The van der Waals surface area contributed by atoms with Crippen molar-refractivity contribution in [3.63, 3.8) is 0 Å².